The smallest absolute Gasteiger partial charge is 0.488 e. The Morgan fingerprint density at radius 3 is 2.06 bits per heavy atom. The van der Waals surface area contributed by atoms with Crippen molar-refractivity contribution in [1.29, 1.82) is 0 Å². The van der Waals surface area contributed by atoms with Crippen molar-refractivity contribution in [2.75, 3.05) is 11.5 Å². The lowest BCUT2D eigenvalue weighted by Crippen LogP contribution is -2.67. The number of rotatable bonds is 8. The van der Waals surface area contributed by atoms with Crippen molar-refractivity contribution in [3.05, 3.63) is 115 Å². The molecule has 7 rings (SSSR count). The quantitative estimate of drug-likeness (QED) is 0.164. The number of carbonyl (C=O) groups is 2. The number of phenolic OH excluding ortho intramolecular Hbond substituents is 1. The summed E-state index contributed by atoms with van der Waals surface area (Å²) in [5.41, 5.74) is 1.15. The molecule has 2 aliphatic heterocycles. The molecule has 0 aromatic heterocycles. The Morgan fingerprint density at radius 2 is 1.48 bits per heavy atom. The summed E-state index contributed by atoms with van der Waals surface area (Å²) in [7, 11) is -4.82. The summed E-state index contributed by atoms with van der Waals surface area (Å²) < 4.78 is 13.9. The Balaban J connectivity index is 1.30. The van der Waals surface area contributed by atoms with Gasteiger partial charge < -0.3 is 29.4 Å². The largest absolute Gasteiger partial charge is 0.508 e. The maximum Gasteiger partial charge on any atom is 0.488 e. The molecule has 2 saturated heterocycles. The molecule has 4 N–H and O–H groups in total. The van der Waals surface area contributed by atoms with E-state index in [9.17, 15) is 29.9 Å². The number of hydrogen-bond donors (Lipinski definition) is 4. The number of imide groups is 1. The van der Waals surface area contributed by atoms with Gasteiger partial charge in [0.15, 0.2) is 5.79 Å². The average molecular weight is 692 g/mol. The number of carbonyl (C=O) groups excluding carboxylic acids is 2. The Morgan fingerprint density at radius 1 is 0.860 bits per heavy atom. The second kappa shape index (κ2) is 12.9. The second-order valence-electron chi connectivity index (χ2n) is 14.8. The maximum atomic E-state index is 14.3. The number of benzene rings is 4. The molecule has 1 aliphatic carbocycles. The van der Waals surface area contributed by atoms with Gasteiger partial charge in [-0.25, -0.2) is 0 Å². The van der Waals surface area contributed by atoms with Crippen LogP contribution in [0.5, 0.6) is 5.75 Å². The lowest BCUT2D eigenvalue weighted by molar-refractivity contribution is -0.273. The number of phenols is 1. The van der Waals surface area contributed by atoms with Gasteiger partial charge in [0.05, 0.1) is 23.6 Å². The van der Waals surface area contributed by atoms with Crippen molar-refractivity contribution < 1.29 is 39.0 Å². The van der Waals surface area contributed by atoms with Crippen molar-refractivity contribution in [3.63, 3.8) is 0 Å². The third-order valence-corrected chi connectivity index (χ3v) is 16.0. The number of nitrogens with zero attached hydrogens (tertiary/aromatic N) is 1. The molecule has 258 valence electrons. The van der Waals surface area contributed by atoms with Crippen LogP contribution in [0.1, 0.15) is 45.3 Å². The summed E-state index contributed by atoms with van der Waals surface area (Å²) in [4.78, 5) is 29.7. The highest BCUT2D eigenvalue weighted by Gasteiger charge is 2.67. The van der Waals surface area contributed by atoms with Gasteiger partial charge in [-0.2, -0.15) is 0 Å². The summed E-state index contributed by atoms with van der Waals surface area (Å²) in [6, 6.07) is 33.1. The first kappa shape index (κ1) is 34.4. The number of aliphatic hydroxyl groups is 1. The van der Waals surface area contributed by atoms with E-state index >= 15 is 0 Å². The SMILES string of the molecule is CC(C)(C)[Si](OC[C@H]1C[C@@H]2C(=O)N(c3cccc(B(O)O)c3)C(=O)[C@@H]2[C@@H]2C[C@@H](c3ccc(O)cc3)O[C@]12O)(c1ccccc1)c1ccccc1. The van der Waals surface area contributed by atoms with E-state index in [1.807, 2.05) is 36.4 Å². The average Bonchev–Trinajstić information content (AvgIpc) is 3.58. The summed E-state index contributed by atoms with van der Waals surface area (Å²) in [5.74, 6) is -5.55. The topological polar surface area (TPSA) is 137 Å². The van der Waals surface area contributed by atoms with Crippen molar-refractivity contribution in [1.82, 2.24) is 0 Å². The van der Waals surface area contributed by atoms with Gasteiger partial charge in [0.2, 0.25) is 11.8 Å². The molecule has 11 heteroatoms. The second-order valence-corrected chi connectivity index (χ2v) is 19.1. The molecule has 9 nitrogen and oxygen atoms in total. The molecule has 0 spiro atoms. The van der Waals surface area contributed by atoms with Crippen molar-refractivity contribution in [2.24, 2.45) is 23.7 Å². The van der Waals surface area contributed by atoms with Crippen molar-refractivity contribution in [2.45, 2.75) is 50.5 Å². The molecule has 3 aliphatic rings. The number of anilines is 1. The fraction of sp³-hybridized carbons (Fsp3) is 0.333. The van der Waals surface area contributed by atoms with E-state index in [1.54, 1.807) is 36.4 Å². The highest BCUT2D eigenvalue weighted by molar-refractivity contribution is 6.99. The van der Waals surface area contributed by atoms with E-state index in [4.69, 9.17) is 9.16 Å². The first-order valence-corrected chi connectivity index (χ1v) is 19.0. The molecule has 6 atom stereocenters. The van der Waals surface area contributed by atoms with Crippen LogP contribution in [0, 0.1) is 23.7 Å². The van der Waals surface area contributed by atoms with Crippen LogP contribution < -0.4 is 20.7 Å². The van der Waals surface area contributed by atoms with E-state index in [-0.39, 0.29) is 41.4 Å². The highest BCUT2D eigenvalue weighted by atomic mass is 28.4. The van der Waals surface area contributed by atoms with Gasteiger partial charge >= 0.3 is 7.12 Å². The summed E-state index contributed by atoms with van der Waals surface area (Å²) >= 11 is 0. The normalized spacial score (nSPS) is 26.5. The summed E-state index contributed by atoms with van der Waals surface area (Å²) in [5, 5.41) is 44.1. The number of fused-ring (bicyclic) bond motifs is 3. The highest BCUT2D eigenvalue weighted by Crippen LogP contribution is 2.59. The van der Waals surface area contributed by atoms with Crippen molar-refractivity contribution >= 4 is 48.8 Å². The molecule has 4 aromatic carbocycles. The molecule has 4 aromatic rings. The molecule has 1 saturated carbocycles. The molecular weight excluding hydrogens is 649 g/mol. The number of ether oxygens (including phenoxy) is 1. The molecular formula is C39H42BNO8Si. The lowest BCUT2D eigenvalue weighted by atomic mass is 9.64. The fourth-order valence-electron chi connectivity index (χ4n) is 8.64. The van der Waals surface area contributed by atoms with Crippen LogP contribution in [0.3, 0.4) is 0 Å². The predicted octanol–water partition coefficient (Wildman–Crippen LogP) is 3.24. The number of amides is 2. The molecule has 2 heterocycles. The first-order chi connectivity index (χ1) is 23.8. The summed E-state index contributed by atoms with van der Waals surface area (Å²) in [6.45, 7) is 6.61. The zero-order valence-corrected chi connectivity index (χ0v) is 29.3. The van der Waals surface area contributed by atoms with Crippen LogP contribution in [0.4, 0.5) is 5.69 Å². The number of aromatic hydroxyl groups is 1. The monoisotopic (exact) mass is 691 g/mol. The Kier molecular flexibility index (Phi) is 8.86. The van der Waals surface area contributed by atoms with Crippen molar-refractivity contribution in [3.8, 4) is 5.75 Å². The summed E-state index contributed by atoms with van der Waals surface area (Å²) in [6.07, 6.45) is -0.161. The molecule has 0 unspecified atom stereocenters. The maximum absolute atomic E-state index is 14.3. The molecule has 3 fully saturated rings. The minimum atomic E-state index is -3.05. The third kappa shape index (κ3) is 5.62. The van der Waals surface area contributed by atoms with Crippen LogP contribution in [-0.4, -0.2) is 59.9 Å². The predicted molar refractivity (Wildman–Crippen MR) is 192 cm³/mol. The molecule has 0 bridgehead atoms. The Hall–Kier alpha value is -4.10. The van der Waals surface area contributed by atoms with Gasteiger partial charge in [-0.1, -0.05) is 106 Å². The first-order valence-electron chi connectivity index (χ1n) is 17.1. The van der Waals surface area contributed by atoms with Gasteiger partial charge in [0.1, 0.15) is 5.75 Å². The molecule has 0 radical (unpaired) electrons. The van der Waals surface area contributed by atoms with Crippen LogP contribution in [-0.2, 0) is 18.8 Å². The van der Waals surface area contributed by atoms with Crippen LogP contribution in [0.2, 0.25) is 5.04 Å². The third-order valence-electron chi connectivity index (χ3n) is 11.0. The van der Waals surface area contributed by atoms with E-state index in [1.165, 1.54) is 12.1 Å². The van der Waals surface area contributed by atoms with Crippen LogP contribution in [0.25, 0.3) is 0 Å². The fourth-order valence-corrected chi connectivity index (χ4v) is 13.2. The molecule has 2 amide bonds. The van der Waals surface area contributed by atoms with Crippen LogP contribution in [0.15, 0.2) is 109 Å². The Labute approximate surface area is 293 Å². The standard InChI is InChI=1S/C39H42BNO8Si/c1-38(2,3)50(30-13-6-4-7-14-30,31-15-8-5-9-16-31)48-24-26-21-32-35(33-23-34(49-39(26,33)45)25-17-19-29(42)20-18-25)37(44)41(36(32)43)28-12-10-11-27(22-28)40(46)47/h4-20,22,26,32-35,42,45-47H,21,23-24H2,1-3H3/t26-,32+,33+,34+,35+,39-/m1/s1. The van der Waals surface area contributed by atoms with E-state index in [0.717, 1.165) is 20.8 Å². The van der Waals surface area contributed by atoms with E-state index < -0.39 is 62.8 Å². The van der Waals surface area contributed by atoms with E-state index in [2.05, 4.69) is 45.0 Å². The minimum absolute atomic E-state index is 0.0828. The lowest BCUT2D eigenvalue weighted by Gasteiger charge is -2.48. The zero-order chi connectivity index (χ0) is 35.4. The van der Waals surface area contributed by atoms with Gasteiger partial charge in [-0.05, 0) is 63.5 Å². The van der Waals surface area contributed by atoms with Crippen LogP contribution >= 0.6 is 0 Å². The Bertz CT molecular complexity index is 1830. The molecule has 50 heavy (non-hydrogen) atoms. The van der Waals surface area contributed by atoms with Gasteiger partial charge in [-0.15, -0.1) is 0 Å². The van der Waals surface area contributed by atoms with E-state index in [0.29, 0.717) is 0 Å². The van der Waals surface area contributed by atoms with Gasteiger partial charge in [-0.3, -0.25) is 14.5 Å². The minimum Gasteiger partial charge on any atom is -0.508 e. The van der Waals surface area contributed by atoms with Gasteiger partial charge in [0, 0.05) is 18.4 Å². The van der Waals surface area contributed by atoms with Gasteiger partial charge in [0.25, 0.3) is 8.32 Å². The zero-order valence-electron chi connectivity index (χ0n) is 28.3. The number of hydrogen-bond acceptors (Lipinski definition) is 8.